The van der Waals surface area contributed by atoms with E-state index in [2.05, 4.69) is 0 Å². The van der Waals surface area contributed by atoms with E-state index in [0.717, 1.165) is 11.6 Å². The smallest absolute Gasteiger partial charge is 0.457 e. The van der Waals surface area contributed by atoms with Crippen LogP contribution in [0.25, 0.3) is 6.08 Å². The van der Waals surface area contributed by atoms with Crippen molar-refractivity contribution in [2.45, 2.75) is 44.4 Å². The van der Waals surface area contributed by atoms with Crippen LogP contribution < -0.4 is 4.74 Å². The molecule has 0 aromatic heterocycles. The first-order chi connectivity index (χ1) is 10.4. The van der Waals surface area contributed by atoms with E-state index in [1.807, 2.05) is 20.8 Å². The number of fused-ring (bicyclic) bond motifs is 1. The van der Waals surface area contributed by atoms with E-state index >= 15 is 0 Å². The Morgan fingerprint density at radius 3 is 2.17 bits per heavy atom. The molecule has 7 heteroatoms. The first kappa shape index (κ1) is 17.7. The van der Waals surface area contributed by atoms with Crippen molar-refractivity contribution in [2.75, 3.05) is 6.61 Å². The highest BCUT2D eigenvalue weighted by Gasteiger charge is 2.65. The van der Waals surface area contributed by atoms with Gasteiger partial charge in [0.1, 0.15) is 5.75 Å². The van der Waals surface area contributed by atoms with Crippen molar-refractivity contribution in [3.63, 3.8) is 0 Å². The van der Waals surface area contributed by atoms with E-state index in [4.69, 9.17) is 9.84 Å². The van der Waals surface area contributed by atoms with Crippen LogP contribution in [0.1, 0.15) is 31.9 Å². The summed E-state index contributed by atoms with van der Waals surface area (Å²) < 4.78 is 70.2. The largest absolute Gasteiger partial charge is 0.479 e. The normalized spacial score (nSPS) is 19.0. The summed E-state index contributed by atoms with van der Waals surface area (Å²) >= 11 is 0. The third-order valence-electron chi connectivity index (χ3n) is 3.69. The summed E-state index contributed by atoms with van der Waals surface area (Å²) in [6.07, 6.45) is -7.23. The maximum Gasteiger partial charge on any atom is 0.457 e. The number of rotatable bonds is 2. The van der Waals surface area contributed by atoms with Crippen LogP contribution in [0.3, 0.4) is 0 Å². The quantitative estimate of drug-likeness (QED) is 0.815. The lowest BCUT2D eigenvalue weighted by Gasteiger charge is -2.34. The lowest BCUT2D eigenvalue weighted by atomic mass is 9.85. The van der Waals surface area contributed by atoms with Crippen LogP contribution in [0.15, 0.2) is 23.8 Å². The topological polar surface area (TPSA) is 29.5 Å². The fraction of sp³-hybridized carbons (Fsp3) is 0.500. The molecule has 0 saturated carbocycles. The van der Waals surface area contributed by atoms with Crippen molar-refractivity contribution in [2.24, 2.45) is 0 Å². The third kappa shape index (κ3) is 3.20. The average molecular weight is 336 g/mol. The second kappa shape index (κ2) is 5.47. The Bertz CT molecular complexity index is 626. The summed E-state index contributed by atoms with van der Waals surface area (Å²) in [6.45, 7) is 4.70. The van der Waals surface area contributed by atoms with Crippen molar-refractivity contribution in [1.82, 2.24) is 0 Å². The number of ether oxygens (including phenoxy) is 1. The highest BCUT2D eigenvalue weighted by molar-refractivity contribution is 5.64. The molecule has 0 aliphatic carbocycles. The van der Waals surface area contributed by atoms with Gasteiger partial charge in [0.2, 0.25) is 0 Å². The molecule has 1 aromatic rings. The van der Waals surface area contributed by atoms with E-state index in [0.29, 0.717) is 5.56 Å². The molecule has 0 spiro atoms. The summed E-state index contributed by atoms with van der Waals surface area (Å²) in [7, 11) is 0. The van der Waals surface area contributed by atoms with Crippen molar-refractivity contribution in [1.29, 1.82) is 0 Å². The van der Waals surface area contributed by atoms with Crippen molar-refractivity contribution >= 4 is 6.08 Å². The molecule has 23 heavy (non-hydrogen) atoms. The Morgan fingerprint density at radius 2 is 1.70 bits per heavy atom. The van der Waals surface area contributed by atoms with Crippen molar-refractivity contribution in [3.05, 3.63) is 34.9 Å². The van der Waals surface area contributed by atoms with E-state index in [1.54, 1.807) is 12.1 Å². The molecule has 1 aromatic carbocycles. The minimum absolute atomic E-state index is 0.0523. The summed E-state index contributed by atoms with van der Waals surface area (Å²) in [4.78, 5) is 0. The van der Waals surface area contributed by atoms with Gasteiger partial charge in [0.25, 0.3) is 0 Å². The van der Waals surface area contributed by atoms with Crippen LogP contribution in [-0.4, -0.2) is 29.9 Å². The average Bonchev–Trinajstić information content (AvgIpc) is 2.42. The zero-order valence-electron chi connectivity index (χ0n) is 12.8. The first-order valence-electron chi connectivity index (χ1n) is 6.95. The van der Waals surface area contributed by atoms with Crippen LogP contribution in [0.4, 0.5) is 22.0 Å². The summed E-state index contributed by atoms with van der Waals surface area (Å²) in [5.41, 5.74) is 0.271. The monoisotopic (exact) mass is 336 g/mol. The zero-order chi connectivity index (χ0) is 17.6. The number of alkyl halides is 5. The molecule has 0 radical (unpaired) electrons. The van der Waals surface area contributed by atoms with Crippen LogP contribution in [-0.2, 0) is 5.41 Å². The van der Waals surface area contributed by atoms with Gasteiger partial charge in [-0.05, 0) is 23.1 Å². The van der Waals surface area contributed by atoms with Gasteiger partial charge in [-0.2, -0.15) is 22.0 Å². The van der Waals surface area contributed by atoms with Crippen molar-refractivity contribution < 1.29 is 31.8 Å². The molecule has 1 heterocycles. The maximum atomic E-state index is 13.7. The molecular formula is C16H17F5O2. The predicted octanol–water partition coefficient (Wildman–Crippen LogP) is 4.32. The molecule has 2 rings (SSSR count). The summed E-state index contributed by atoms with van der Waals surface area (Å²) in [6, 6.07) is 4.78. The molecule has 0 amide bonds. The fourth-order valence-electron chi connectivity index (χ4n) is 2.28. The second-order valence-electron chi connectivity index (χ2n) is 6.50. The number of benzene rings is 1. The number of hydrogen-bond donors (Lipinski definition) is 1. The molecule has 1 N–H and O–H groups in total. The Kier molecular flexibility index (Phi) is 4.22. The van der Waals surface area contributed by atoms with Crippen LogP contribution >= 0.6 is 0 Å². The van der Waals surface area contributed by atoms with Gasteiger partial charge in [-0.25, -0.2) is 0 Å². The number of aliphatic hydroxyl groups excluding tert-OH is 1. The molecule has 128 valence electrons. The summed E-state index contributed by atoms with van der Waals surface area (Å²) in [5.74, 6) is -5.15. The molecule has 1 atom stereocenters. The van der Waals surface area contributed by atoms with E-state index in [-0.39, 0.29) is 11.2 Å². The van der Waals surface area contributed by atoms with Crippen LogP contribution in [0, 0.1) is 0 Å². The van der Waals surface area contributed by atoms with E-state index in [9.17, 15) is 22.0 Å². The minimum Gasteiger partial charge on any atom is -0.479 e. The third-order valence-corrected chi connectivity index (χ3v) is 3.69. The Morgan fingerprint density at radius 1 is 1.09 bits per heavy atom. The van der Waals surface area contributed by atoms with Crippen molar-refractivity contribution in [3.8, 4) is 5.75 Å². The zero-order valence-corrected chi connectivity index (χ0v) is 12.8. The van der Waals surface area contributed by atoms with Gasteiger partial charge in [0, 0.05) is 11.1 Å². The summed E-state index contributed by atoms with van der Waals surface area (Å²) in [5, 5.41) is 9.15. The SMILES string of the molecule is CC(C)(C)c1ccc2c(c1)OC(C(F)(F)C(F)(F)F)C(CO)=C2. The standard InChI is InChI=1S/C16H17F5O2/c1-14(2,3)11-5-4-9-6-10(8-22)13(23-12(9)7-11)15(17,18)16(19,20)21/h4-7,13,22H,8H2,1-3H3. The molecule has 1 aliphatic heterocycles. The van der Waals surface area contributed by atoms with Gasteiger partial charge in [-0.15, -0.1) is 0 Å². The predicted molar refractivity (Wildman–Crippen MR) is 75.6 cm³/mol. The molecule has 0 saturated heterocycles. The van der Waals surface area contributed by atoms with Gasteiger partial charge in [-0.1, -0.05) is 32.9 Å². The Labute approximate surface area is 130 Å². The van der Waals surface area contributed by atoms with Gasteiger partial charge in [-0.3, -0.25) is 0 Å². The highest BCUT2D eigenvalue weighted by Crippen LogP contribution is 2.45. The van der Waals surface area contributed by atoms with Crippen LogP contribution in [0.5, 0.6) is 5.75 Å². The first-order valence-corrected chi connectivity index (χ1v) is 6.95. The number of halogens is 5. The lowest BCUT2D eigenvalue weighted by Crippen LogP contribution is -2.52. The fourth-order valence-corrected chi connectivity index (χ4v) is 2.28. The van der Waals surface area contributed by atoms with Gasteiger partial charge < -0.3 is 9.84 Å². The Hall–Kier alpha value is -1.63. The molecule has 1 aliphatic rings. The number of hydrogen-bond acceptors (Lipinski definition) is 2. The Balaban J connectivity index is 2.50. The van der Waals surface area contributed by atoms with Crippen LogP contribution in [0.2, 0.25) is 0 Å². The second-order valence-corrected chi connectivity index (χ2v) is 6.50. The number of aliphatic hydroxyl groups is 1. The van der Waals surface area contributed by atoms with E-state index < -0.39 is 30.4 Å². The molecule has 1 unspecified atom stereocenters. The van der Waals surface area contributed by atoms with Gasteiger partial charge in [0.15, 0.2) is 6.10 Å². The molecule has 0 bridgehead atoms. The molecule has 2 nitrogen and oxygen atoms in total. The minimum atomic E-state index is -5.77. The van der Waals surface area contributed by atoms with Gasteiger partial charge >= 0.3 is 12.1 Å². The molecular weight excluding hydrogens is 319 g/mol. The van der Waals surface area contributed by atoms with E-state index in [1.165, 1.54) is 6.07 Å². The molecule has 0 fully saturated rings. The highest BCUT2D eigenvalue weighted by atomic mass is 19.4. The lowest BCUT2D eigenvalue weighted by molar-refractivity contribution is -0.304. The van der Waals surface area contributed by atoms with Gasteiger partial charge in [0.05, 0.1) is 6.61 Å². The maximum absolute atomic E-state index is 13.7.